The lowest BCUT2D eigenvalue weighted by Gasteiger charge is -1.92. The number of nitriles is 1. The highest BCUT2D eigenvalue weighted by Gasteiger charge is 1.91. The van der Waals surface area contributed by atoms with Crippen LogP contribution in [-0.2, 0) is 0 Å². The molecule has 0 aromatic heterocycles. The minimum absolute atomic E-state index is 0.693. The molecule has 0 aliphatic rings. The van der Waals surface area contributed by atoms with Gasteiger partial charge >= 0.3 is 0 Å². The van der Waals surface area contributed by atoms with Crippen molar-refractivity contribution in [3.63, 3.8) is 0 Å². The molecule has 0 heterocycles. The summed E-state index contributed by atoms with van der Waals surface area (Å²) >= 11 is 0. The molecule has 0 unspecified atom stereocenters. The van der Waals surface area contributed by atoms with E-state index in [0.29, 0.717) is 6.42 Å². The van der Waals surface area contributed by atoms with Crippen LogP contribution in [0.15, 0.2) is 23.8 Å². The second-order valence-corrected chi connectivity index (χ2v) is 2.08. The molecule has 0 aromatic carbocycles. The van der Waals surface area contributed by atoms with Gasteiger partial charge in [-0.15, -0.1) is 6.58 Å². The minimum Gasteiger partial charge on any atom is -0.193 e. The number of hydrogen-bond acceptors (Lipinski definition) is 1. The van der Waals surface area contributed by atoms with Crippen LogP contribution in [0.1, 0.15) is 20.3 Å². The van der Waals surface area contributed by atoms with Gasteiger partial charge in [-0.1, -0.05) is 11.6 Å². The predicted octanol–water partition coefficient (Wildman–Crippen LogP) is 2.42. The summed E-state index contributed by atoms with van der Waals surface area (Å²) in [5.41, 5.74) is 1.91. The summed E-state index contributed by atoms with van der Waals surface area (Å²) in [5.74, 6) is 0. The molecule has 0 rings (SSSR count). The molecule has 9 heavy (non-hydrogen) atoms. The van der Waals surface area contributed by atoms with Gasteiger partial charge in [-0.05, 0) is 13.8 Å². The van der Waals surface area contributed by atoms with E-state index >= 15 is 0 Å². The summed E-state index contributed by atoms with van der Waals surface area (Å²) < 4.78 is 0. The van der Waals surface area contributed by atoms with Crippen molar-refractivity contribution in [2.24, 2.45) is 0 Å². The van der Waals surface area contributed by atoms with Gasteiger partial charge in [-0.25, -0.2) is 0 Å². The van der Waals surface area contributed by atoms with E-state index in [9.17, 15) is 0 Å². The molecule has 0 N–H and O–H groups in total. The lowest BCUT2D eigenvalue weighted by atomic mass is 10.1. The zero-order valence-electron chi connectivity index (χ0n) is 5.94. The summed E-state index contributed by atoms with van der Waals surface area (Å²) in [7, 11) is 0. The SMILES string of the molecule is C=CCC(C#N)=C(C)C. The fourth-order valence-corrected chi connectivity index (χ4v) is 0.506. The van der Waals surface area contributed by atoms with E-state index in [0.717, 1.165) is 11.1 Å². The second-order valence-electron chi connectivity index (χ2n) is 2.08. The van der Waals surface area contributed by atoms with Crippen LogP contribution in [0.3, 0.4) is 0 Å². The quantitative estimate of drug-likeness (QED) is 0.406. The molecule has 0 spiro atoms. The molecule has 0 bridgehead atoms. The summed E-state index contributed by atoms with van der Waals surface area (Å²) in [6, 6.07) is 2.11. The molecule has 48 valence electrons. The van der Waals surface area contributed by atoms with Gasteiger partial charge in [0.1, 0.15) is 0 Å². The summed E-state index contributed by atoms with van der Waals surface area (Å²) in [6.07, 6.45) is 2.43. The largest absolute Gasteiger partial charge is 0.193 e. The van der Waals surface area contributed by atoms with Crippen molar-refractivity contribution in [1.29, 1.82) is 5.26 Å². The molecule has 0 aliphatic heterocycles. The van der Waals surface area contributed by atoms with Gasteiger partial charge in [0.25, 0.3) is 0 Å². The first kappa shape index (κ1) is 7.97. The average Bonchev–Trinajstić information content (AvgIpc) is 1.82. The van der Waals surface area contributed by atoms with E-state index in [1.165, 1.54) is 0 Å². The van der Waals surface area contributed by atoms with Crippen LogP contribution < -0.4 is 0 Å². The van der Waals surface area contributed by atoms with Crippen molar-refractivity contribution in [2.75, 3.05) is 0 Å². The van der Waals surface area contributed by atoms with Crippen LogP contribution in [0.25, 0.3) is 0 Å². The molecule has 0 aliphatic carbocycles. The molecule has 0 aromatic rings. The number of allylic oxidation sites excluding steroid dienone is 3. The number of hydrogen-bond donors (Lipinski definition) is 0. The summed E-state index contributed by atoms with van der Waals surface area (Å²) in [5, 5.41) is 8.47. The normalized spacial score (nSPS) is 7.67. The average molecular weight is 121 g/mol. The van der Waals surface area contributed by atoms with Crippen LogP contribution in [0.5, 0.6) is 0 Å². The fraction of sp³-hybridized carbons (Fsp3) is 0.375. The van der Waals surface area contributed by atoms with E-state index in [4.69, 9.17) is 5.26 Å². The first-order valence-electron chi connectivity index (χ1n) is 2.89. The Hall–Kier alpha value is -1.03. The zero-order valence-corrected chi connectivity index (χ0v) is 5.94. The lowest BCUT2D eigenvalue weighted by molar-refractivity contribution is 1.20. The molecular weight excluding hydrogens is 110 g/mol. The maximum absolute atomic E-state index is 8.47. The van der Waals surface area contributed by atoms with Gasteiger partial charge in [0.05, 0.1) is 6.07 Å². The Bertz CT molecular complexity index is 165. The zero-order chi connectivity index (χ0) is 7.28. The molecule has 1 nitrogen and oxygen atoms in total. The van der Waals surface area contributed by atoms with Gasteiger partial charge in [0.15, 0.2) is 0 Å². The van der Waals surface area contributed by atoms with E-state index in [1.807, 2.05) is 13.8 Å². The van der Waals surface area contributed by atoms with Gasteiger partial charge in [0.2, 0.25) is 0 Å². The Morgan fingerprint density at radius 1 is 1.67 bits per heavy atom. The van der Waals surface area contributed by atoms with Crippen molar-refractivity contribution in [2.45, 2.75) is 20.3 Å². The Morgan fingerprint density at radius 3 is 2.33 bits per heavy atom. The first-order chi connectivity index (χ1) is 4.22. The highest BCUT2D eigenvalue weighted by molar-refractivity contribution is 5.27. The van der Waals surface area contributed by atoms with E-state index in [2.05, 4.69) is 12.6 Å². The molecule has 0 saturated heterocycles. The van der Waals surface area contributed by atoms with Gasteiger partial charge in [-0.2, -0.15) is 5.26 Å². The smallest absolute Gasteiger partial charge is 0.0949 e. The van der Waals surface area contributed by atoms with Crippen molar-refractivity contribution in [3.05, 3.63) is 23.8 Å². The standard InChI is InChI=1S/C8H11N/c1-4-5-8(6-9)7(2)3/h4H,1,5H2,2-3H3. The molecule has 0 radical (unpaired) electrons. The highest BCUT2D eigenvalue weighted by atomic mass is 14.2. The van der Waals surface area contributed by atoms with Crippen molar-refractivity contribution < 1.29 is 0 Å². The van der Waals surface area contributed by atoms with Gasteiger partial charge in [0, 0.05) is 12.0 Å². The monoisotopic (exact) mass is 121 g/mol. The van der Waals surface area contributed by atoms with E-state index in [1.54, 1.807) is 6.08 Å². The Balaban J connectivity index is 4.20. The van der Waals surface area contributed by atoms with E-state index < -0.39 is 0 Å². The Morgan fingerprint density at radius 2 is 2.22 bits per heavy atom. The first-order valence-corrected chi connectivity index (χ1v) is 2.89. The molecule has 1 heteroatoms. The Labute approximate surface area is 56.3 Å². The van der Waals surface area contributed by atoms with Crippen LogP contribution in [0.4, 0.5) is 0 Å². The third-order valence-corrected chi connectivity index (χ3v) is 1.09. The van der Waals surface area contributed by atoms with Gasteiger partial charge in [-0.3, -0.25) is 0 Å². The molecule has 0 saturated carbocycles. The molecule has 0 atom stereocenters. The van der Waals surface area contributed by atoms with E-state index in [-0.39, 0.29) is 0 Å². The van der Waals surface area contributed by atoms with Crippen LogP contribution in [-0.4, -0.2) is 0 Å². The minimum atomic E-state index is 0.693. The van der Waals surface area contributed by atoms with Gasteiger partial charge < -0.3 is 0 Å². The van der Waals surface area contributed by atoms with Crippen LogP contribution in [0.2, 0.25) is 0 Å². The topological polar surface area (TPSA) is 23.8 Å². The maximum atomic E-state index is 8.47. The lowest BCUT2D eigenvalue weighted by Crippen LogP contribution is -1.78. The van der Waals surface area contributed by atoms with Crippen LogP contribution >= 0.6 is 0 Å². The molecule has 0 fully saturated rings. The molecular formula is C8H11N. The van der Waals surface area contributed by atoms with Crippen LogP contribution in [0, 0.1) is 11.3 Å². The fourth-order valence-electron chi connectivity index (χ4n) is 0.506. The maximum Gasteiger partial charge on any atom is 0.0949 e. The number of nitrogens with zero attached hydrogens (tertiary/aromatic N) is 1. The molecule has 0 amide bonds. The highest BCUT2D eigenvalue weighted by Crippen LogP contribution is 2.05. The van der Waals surface area contributed by atoms with Crippen molar-refractivity contribution in [3.8, 4) is 6.07 Å². The second kappa shape index (κ2) is 3.91. The summed E-state index contributed by atoms with van der Waals surface area (Å²) in [4.78, 5) is 0. The number of rotatable bonds is 2. The van der Waals surface area contributed by atoms with Crippen molar-refractivity contribution in [1.82, 2.24) is 0 Å². The Kier molecular flexibility index (Phi) is 3.46. The predicted molar refractivity (Wildman–Crippen MR) is 38.8 cm³/mol. The van der Waals surface area contributed by atoms with Crippen molar-refractivity contribution >= 4 is 0 Å². The third-order valence-electron chi connectivity index (χ3n) is 1.09. The summed E-state index contributed by atoms with van der Waals surface area (Å²) in [6.45, 7) is 7.41. The third kappa shape index (κ3) is 2.71.